The minimum absolute atomic E-state index is 0.154. The number of hydrogen-bond acceptors (Lipinski definition) is 4. The van der Waals surface area contributed by atoms with Crippen LogP contribution in [0.5, 0.6) is 5.75 Å². The third kappa shape index (κ3) is 5.77. The van der Waals surface area contributed by atoms with Crippen molar-refractivity contribution < 1.29 is 23.8 Å². The van der Waals surface area contributed by atoms with E-state index in [1.807, 2.05) is 30.3 Å². The highest BCUT2D eigenvalue weighted by molar-refractivity contribution is 5.99. The average molecular weight is 407 g/mol. The Hall–Kier alpha value is -3.46. The second kappa shape index (κ2) is 9.84. The van der Waals surface area contributed by atoms with Crippen LogP contribution < -0.4 is 4.74 Å². The molecule has 6 heteroatoms. The number of benzene rings is 2. The number of carbonyl (C=O) groups is 2. The third-order valence-electron chi connectivity index (χ3n) is 5.38. The van der Waals surface area contributed by atoms with Gasteiger partial charge in [0.2, 0.25) is 0 Å². The summed E-state index contributed by atoms with van der Waals surface area (Å²) in [5.74, 6) is -1.52. The van der Waals surface area contributed by atoms with Crippen molar-refractivity contribution in [1.82, 2.24) is 0 Å². The molecular formula is C24H22FNO4. The Kier molecular flexibility index (Phi) is 6.97. The predicted octanol–water partition coefficient (Wildman–Crippen LogP) is 4.77. The summed E-state index contributed by atoms with van der Waals surface area (Å²) in [5.41, 5.74) is 1.68. The zero-order valence-electron chi connectivity index (χ0n) is 16.4. The van der Waals surface area contributed by atoms with Gasteiger partial charge in [0.25, 0.3) is 0 Å². The first-order chi connectivity index (χ1) is 14.4. The van der Waals surface area contributed by atoms with Crippen LogP contribution in [0, 0.1) is 29.0 Å². The molecule has 0 bridgehead atoms. The summed E-state index contributed by atoms with van der Waals surface area (Å²) in [4.78, 5) is 23.2. The number of rotatable bonds is 6. The minimum atomic E-state index is -0.802. The van der Waals surface area contributed by atoms with Gasteiger partial charge < -0.3 is 9.84 Å². The normalized spacial score (nSPS) is 19.0. The van der Waals surface area contributed by atoms with Crippen molar-refractivity contribution >= 4 is 18.0 Å². The van der Waals surface area contributed by atoms with E-state index >= 15 is 0 Å². The molecule has 0 saturated heterocycles. The van der Waals surface area contributed by atoms with E-state index in [1.54, 1.807) is 0 Å². The number of aliphatic carboxylic acids is 1. The van der Waals surface area contributed by atoms with E-state index in [0.29, 0.717) is 11.5 Å². The maximum absolute atomic E-state index is 12.9. The molecule has 0 heterocycles. The van der Waals surface area contributed by atoms with Crippen LogP contribution in [0.2, 0.25) is 0 Å². The van der Waals surface area contributed by atoms with Crippen molar-refractivity contribution in [2.24, 2.45) is 11.8 Å². The quantitative estimate of drug-likeness (QED) is 0.322. The van der Waals surface area contributed by atoms with Gasteiger partial charge in [-0.3, -0.25) is 4.79 Å². The second-order valence-electron chi connectivity index (χ2n) is 7.51. The topological polar surface area (TPSA) is 87.4 Å². The average Bonchev–Trinajstić information content (AvgIpc) is 2.75. The Labute approximate surface area is 174 Å². The van der Waals surface area contributed by atoms with Crippen molar-refractivity contribution in [3.05, 3.63) is 71.0 Å². The standard InChI is InChI=1S/C24H22FNO4/c25-21-9-11-22(12-10-21)30-24(29)20(15-26)14-18-3-1-16(2-4-18)13-17-5-7-19(8-6-17)23(27)28/h1-4,9-12,14,17,19H,5-8,13H2,(H,27,28). The third-order valence-corrected chi connectivity index (χ3v) is 5.38. The number of carboxylic acid groups (broad SMARTS) is 1. The Morgan fingerprint density at radius 1 is 1.07 bits per heavy atom. The lowest BCUT2D eigenvalue weighted by atomic mass is 9.79. The molecule has 1 N–H and O–H groups in total. The van der Waals surface area contributed by atoms with Crippen LogP contribution in [0.15, 0.2) is 54.1 Å². The van der Waals surface area contributed by atoms with E-state index in [1.165, 1.54) is 30.3 Å². The van der Waals surface area contributed by atoms with Crippen LogP contribution in [0.3, 0.4) is 0 Å². The number of ether oxygens (including phenoxy) is 1. The molecule has 0 radical (unpaired) electrons. The first-order valence-electron chi connectivity index (χ1n) is 9.86. The number of halogens is 1. The molecule has 2 aromatic carbocycles. The van der Waals surface area contributed by atoms with E-state index in [9.17, 15) is 19.2 Å². The van der Waals surface area contributed by atoms with Gasteiger partial charge >= 0.3 is 11.9 Å². The van der Waals surface area contributed by atoms with Gasteiger partial charge in [0.15, 0.2) is 0 Å². The molecule has 1 fully saturated rings. The van der Waals surface area contributed by atoms with Gasteiger partial charge in [0.05, 0.1) is 5.92 Å². The molecule has 3 rings (SSSR count). The molecule has 2 aromatic rings. The molecule has 1 saturated carbocycles. The summed E-state index contributed by atoms with van der Waals surface area (Å²) in [6.07, 6.45) is 5.60. The van der Waals surface area contributed by atoms with Gasteiger partial charge in [-0.15, -0.1) is 0 Å². The summed E-state index contributed by atoms with van der Waals surface area (Å²) >= 11 is 0. The van der Waals surface area contributed by atoms with Gasteiger partial charge in [-0.1, -0.05) is 24.3 Å². The van der Waals surface area contributed by atoms with Crippen molar-refractivity contribution in [1.29, 1.82) is 5.26 Å². The molecule has 5 nitrogen and oxygen atoms in total. The van der Waals surface area contributed by atoms with Gasteiger partial charge in [0.1, 0.15) is 23.2 Å². The van der Waals surface area contributed by atoms with Crippen molar-refractivity contribution in [2.75, 3.05) is 0 Å². The van der Waals surface area contributed by atoms with Crippen LogP contribution in [0.4, 0.5) is 4.39 Å². The Balaban J connectivity index is 1.59. The highest BCUT2D eigenvalue weighted by Crippen LogP contribution is 2.31. The fraction of sp³-hybridized carbons (Fsp3) is 0.292. The van der Waals surface area contributed by atoms with E-state index in [-0.39, 0.29) is 17.2 Å². The van der Waals surface area contributed by atoms with Crippen molar-refractivity contribution in [2.45, 2.75) is 32.1 Å². The summed E-state index contributed by atoms with van der Waals surface area (Å²) in [6, 6.07) is 14.4. The lowest BCUT2D eigenvalue weighted by Crippen LogP contribution is -2.22. The fourth-order valence-electron chi connectivity index (χ4n) is 3.66. The summed E-state index contributed by atoms with van der Waals surface area (Å²) in [7, 11) is 0. The number of nitrogens with zero attached hydrogens (tertiary/aromatic N) is 1. The fourth-order valence-corrected chi connectivity index (χ4v) is 3.66. The van der Waals surface area contributed by atoms with Crippen LogP contribution in [-0.4, -0.2) is 17.0 Å². The van der Waals surface area contributed by atoms with E-state index < -0.39 is 17.8 Å². The van der Waals surface area contributed by atoms with Crippen LogP contribution in [0.25, 0.3) is 6.08 Å². The molecule has 0 atom stereocenters. The van der Waals surface area contributed by atoms with Crippen molar-refractivity contribution in [3.8, 4) is 11.8 Å². The van der Waals surface area contributed by atoms with Crippen LogP contribution in [0.1, 0.15) is 36.8 Å². The Morgan fingerprint density at radius 2 is 1.70 bits per heavy atom. The molecule has 0 aromatic heterocycles. The maximum Gasteiger partial charge on any atom is 0.354 e. The molecule has 1 aliphatic carbocycles. The molecule has 0 amide bonds. The van der Waals surface area contributed by atoms with Crippen LogP contribution >= 0.6 is 0 Å². The summed E-state index contributed by atoms with van der Waals surface area (Å²) in [5, 5.41) is 18.4. The molecule has 154 valence electrons. The van der Waals surface area contributed by atoms with E-state index in [2.05, 4.69) is 0 Å². The van der Waals surface area contributed by atoms with Crippen LogP contribution in [-0.2, 0) is 16.0 Å². The lowest BCUT2D eigenvalue weighted by molar-refractivity contribution is -0.143. The zero-order valence-corrected chi connectivity index (χ0v) is 16.4. The maximum atomic E-state index is 12.9. The summed E-state index contributed by atoms with van der Waals surface area (Å²) in [6.45, 7) is 0. The monoisotopic (exact) mass is 407 g/mol. The predicted molar refractivity (Wildman–Crippen MR) is 109 cm³/mol. The van der Waals surface area contributed by atoms with E-state index in [4.69, 9.17) is 9.84 Å². The Morgan fingerprint density at radius 3 is 2.27 bits per heavy atom. The number of esters is 1. The molecular weight excluding hydrogens is 385 g/mol. The SMILES string of the molecule is N#CC(=Cc1ccc(CC2CCC(C(=O)O)CC2)cc1)C(=O)Oc1ccc(F)cc1. The second-order valence-corrected chi connectivity index (χ2v) is 7.51. The number of hydrogen-bond donors (Lipinski definition) is 1. The first kappa shape index (κ1) is 21.3. The highest BCUT2D eigenvalue weighted by Gasteiger charge is 2.25. The highest BCUT2D eigenvalue weighted by atomic mass is 19.1. The molecule has 0 unspecified atom stereocenters. The summed E-state index contributed by atoms with van der Waals surface area (Å²) < 4.78 is 18.0. The number of carboxylic acids is 1. The minimum Gasteiger partial charge on any atom is -0.481 e. The van der Waals surface area contributed by atoms with Gasteiger partial charge in [-0.2, -0.15) is 5.26 Å². The molecule has 1 aliphatic rings. The molecule has 0 spiro atoms. The molecule has 30 heavy (non-hydrogen) atoms. The zero-order chi connectivity index (χ0) is 21.5. The van der Waals surface area contributed by atoms with Gasteiger partial charge in [-0.25, -0.2) is 9.18 Å². The van der Waals surface area contributed by atoms with Crippen molar-refractivity contribution in [3.63, 3.8) is 0 Å². The van der Waals surface area contributed by atoms with Gasteiger partial charge in [0, 0.05) is 0 Å². The lowest BCUT2D eigenvalue weighted by Gasteiger charge is -2.26. The largest absolute Gasteiger partial charge is 0.481 e. The van der Waals surface area contributed by atoms with Gasteiger partial charge in [-0.05, 0) is 79.5 Å². The Bertz CT molecular complexity index is 966. The van der Waals surface area contributed by atoms with E-state index in [0.717, 1.165) is 37.7 Å². The smallest absolute Gasteiger partial charge is 0.354 e. The first-order valence-corrected chi connectivity index (χ1v) is 9.86. The number of carbonyl (C=O) groups excluding carboxylic acids is 1. The number of nitriles is 1. The molecule has 0 aliphatic heterocycles.